The van der Waals surface area contributed by atoms with Gasteiger partial charge in [-0.15, -0.1) is 0 Å². The third kappa shape index (κ3) is 2.21. The minimum Gasteiger partial charge on any atom is -0.399 e. The molecule has 0 saturated carbocycles. The lowest BCUT2D eigenvalue weighted by Gasteiger charge is -2.29. The van der Waals surface area contributed by atoms with Crippen molar-refractivity contribution in [3.63, 3.8) is 0 Å². The van der Waals surface area contributed by atoms with E-state index in [-0.39, 0.29) is 0 Å². The quantitative estimate of drug-likeness (QED) is 0.744. The Labute approximate surface area is 124 Å². The monoisotopic (exact) mass is 275 g/mol. The normalized spacial score (nSPS) is 16.3. The van der Waals surface area contributed by atoms with Crippen LogP contribution in [0.5, 0.6) is 0 Å². The third-order valence-electron chi connectivity index (χ3n) is 4.22. The zero-order valence-electron chi connectivity index (χ0n) is 11.7. The highest BCUT2D eigenvalue weighted by Gasteiger charge is 2.25. The molecule has 1 unspecified atom stereocenters. The van der Waals surface area contributed by atoms with Crippen LogP contribution in [0.3, 0.4) is 0 Å². The molecular formula is C18H17N3. The SMILES string of the molecule is Nc1cccc(-c2cnn(CC3Cc4ccccc43)c2)c1. The molecule has 1 heterocycles. The van der Waals surface area contributed by atoms with Gasteiger partial charge in [-0.05, 0) is 35.2 Å². The van der Waals surface area contributed by atoms with Gasteiger partial charge < -0.3 is 5.73 Å². The molecule has 1 aliphatic rings. The Morgan fingerprint density at radius 1 is 1.10 bits per heavy atom. The van der Waals surface area contributed by atoms with E-state index in [1.165, 1.54) is 11.1 Å². The summed E-state index contributed by atoms with van der Waals surface area (Å²) in [6, 6.07) is 16.6. The van der Waals surface area contributed by atoms with Crippen LogP contribution in [0.2, 0.25) is 0 Å². The summed E-state index contributed by atoms with van der Waals surface area (Å²) in [7, 11) is 0. The Morgan fingerprint density at radius 3 is 2.86 bits per heavy atom. The van der Waals surface area contributed by atoms with Gasteiger partial charge in [0.15, 0.2) is 0 Å². The maximum Gasteiger partial charge on any atom is 0.0568 e. The molecule has 1 aromatic heterocycles. The van der Waals surface area contributed by atoms with Gasteiger partial charge >= 0.3 is 0 Å². The van der Waals surface area contributed by atoms with E-state index in [9.17, 15) is 0 Å². The predicted octanol–water partition coefficient (Wildman–Crippen LogP) is 3.47. The van der Waals surface area contributed by atoms with E-state index in [2.05, 4.69) is 41.6 Å². The molecule has 0 aliphatic heterocycles. The fourth-order valence-corrected chi connectivity index (χ4v) is 3.08. The Morgan fingerprint density at radius 2 is 2.00 bits per heavy atom. The van der Waals surface area contributed by atoms with Gasteiger partial charge in [0.1, 0.15) is 0 Å². The van der Waals surface area contributed by atoms with Crippen LogP contribution in [0.4, 0.5) is 5.69 Å². The highest BCUT2D eigenvalue weighted by molar-refractivity contribution is 5.65. The minimum atomic E-state index is 0.592. The molecule has 0 saturated heterocycles. The standard InChI is InChI=1S/C18H17N3/c19-17-6-3-5-13(9-17)16-10-20-21(12-16)11-15-8-14-4-1-2-7-18(14)15/h1-7,9-10,12,15H,8,11,19H2. The van der Waals surface area contributed by atoms with Crippen LogP contribution in [0, 0.1) is 0 Å². The van der Waals surface area contributed by atoms with Crippen molar-refractivity contribution < 1.29 is 0 Å². The molecule has 0 bridgehead atoms. The van der Waals surface area contributed by atoms with Gasteiger partial charge in [0.2, 0.25) is 0 Å². The van der Waals surface area contributed by atoms with Gasteiger partial charge in [-0.2, -0.15) is 5.10 Å². The van der Waals surface area contributed by atoms with Crippen LogP contribution < -0.4 is 5.73 Å². The minimum absolute atomic E-state index is 0.592. The molecule has 0 spiro atoms. The number of nitrogen functional groups attached to an aromatic ring is 1. The second-order valence-corrected chi connectivity index (χ2v) is 5.68. The first-order valence-corrected chi connectivity index (χ1v) is 7.26. The van der Waals surface area contributed by atoms with E-state index in [0.717, 1.165) is 29.8 Å². The summed E-state index contributed by atoms with van der Waals surface area (Å²) in [4.78, 5) is 0. The molecule has 1 atom stereocenters. The van der Waals surface area contributed by atoms with Gasteiger partial charge in [0, 0.05) is 29.9 Å². The van der Waals surface area contributed by atoms with E-state index >= 15 is 0 Å². The topological polar surface area (TPSA) is 43.8 Å². The maximum absolute atomic E-state index is 5.84. The molecule has 4 rings (SSSR count). The summed E-state index contributed by atoms with van der Waals surface area (Å²) in [5.41, 5.74) is 11.8. The Hall–Kier alpha value is -2.55. The third-order valence-corrected chi connectivity index (χ3v) is 4.22. The molecular weight excluding hydrogens is 258 g/mol. The van der Waals surface area contributed by atoms with Crippen LogP contribution >= 0.6 is 0 Å². The number of benzene rings is 2. The van der Waals surface area contributed by atoms with Crippen molar-refractivity contribution in [2.75, 3.05) is 5.73 Å². The molecule has 0 amide bonds. The van der Waals surface area contributed by atoms with Crippen LogP contribution in [0.15, 0.2) is 60.9 Å². The van der Waals surface area contributed by atoms with E-state index in [1.54, 1.807) is 0 Å². The average Bonchev–Trinajstić information content (AvgIpc) is 2.94. The lowest BCUT2D eigenvalue weighted by atomic mass is 9.78. The predicted molar refractivity (Wildman–Crippen MR) is 85.0 cm³/mol. The number of nitrogens with two attached hydrogens (primary N) is 1. The summed E-state index contributed by atoms with van der Waals surface area (Å²) in [5.74, 6) is 0.592. The van der Waals surface area contributed by atoms with Gasteiger partial charge in [0.05, 0.1) is 6.20 Å². The van der Waals surface area contributed by atoms with Crippen molar-refractivity contribution in [2.45, 2.75) is 18.9 Å². The summed E-state index contributed by atoms with van der Waals surface area (Å²) >= 11 is 0. The van der Waals surface area contributed by atoms with E-state index in [1.807, 2.05) is 29.1 Å². The summed E-state index contributed by atoms with van der Waals surface area (Å²) in [5, 5.41) is 4.49. The second-order valence-electron chi connectivity index (χ2n) is 5.68. The highest BCUT2D eigenvalue weighted by atomic mass is 15.3. The number of aromatic nitrogens is 2. The van der Waals surface area contributed by atoms with Crippen molar-refractivity contribution in [3.05, 3.63) is 72.1 Å². The number of hydrogen-bond donors (Lipinski definition) is 1. The smallest absolute Gasteiger partial charge is 0.0568 e. The van der Waals surface area contributed by atoms with Gasteiger partial charge in [0.25, 0.3) is 0 Å². The summed E-state index contributed by atoms with van der Waals surface area (Å²) in [6.45, 7) is 0.944. The largest absolute Gasteiger partial charge is 0.399 e. The van der Waals surface area contributed by atoms with E-state index in [4.69, 9.17) is 5.73 Å². The molecule has 2 N–H and O–H groups in total. The van der Waals surface area contributed by atoms with Crippen LogP contribution in [0.25, 0.3) is 11.1 Å². The molecule has 3 heteroatoms. The zero-order chi connectivity index (χ0) is 14.2. The maximum atomic E-state index is 5.84. The number of anilines is 1. The molecule has 2 aromatic carbocycles. The molecule has 1 aliphatic carbocycles. The number of hydrogen-bond acceptors (Lipinski definition) is 2. The first kappa shape index (κ1) is 12.2. The van der Waals surface area contributed by atoms with Crippen molar-refractivity contribution in [1.82, 2.24) is 9.78 Å². The molecule has 3 aromatic rings. The van der Waals surface area contributed by atoms with Gasteiger partial charge in [-0.25, -0.2) is 0 Å². The Bertz CT molecular complexity index is 788. The first-order valence-electron chi connectivity index (χ1n) is 7.26. The average molecular weight is 275 g/mol. The Balaban J connectivity index is 1.54. The lowest BCUT2D eigenvalue weighted by molar-refractivity contribution is 0.475. The Kier molecular flexibility index (Phi) is 2.78. The van der Waals surface area contributed by atoms with Gasteiger partial charge in [-0.3, -0.25) is 4.68 Å². The fourth-order valence-electron chi connectivity index (χ4n) is 3.08. The lowest BCUT2D eigenvalue weighted by Crippen LogP contribution is -2.22. The molecule has 21 heavy (non-hydrogen) atoms. The molecule has 3 nitrogen and oxygen atoms in total. The van der Waals surface area contributed by atoms with Crippen molar-refractivity contribution in [2.24, 2.45) is 0 Å². The molecule has 0 radical (unpaired) electrons. The highest BCUT2D eigenvalue weighted by Crippen LogP contribution is 2.36. The van der Waals surface area contributed by atoms with Gasteiger partial charge in [-0.1, -0.05) is 36.4 Å². The zero-order valence-corrected chi connectivity index (χ0v) is 11.7. The summed E-state index contributed by atoms with van der Waals surface area (Å²) < 4.78 is 2.04. The van der Waals surface area contributed by atoms with Crippen LogP contribution in [0.1, 0.15) is 17.0 Å². The molecule has 0 fully saturated rings. The first-order chi connectivity index (χ1) is 10.3. The van der Waals surface area contributed by atoms with Crippen LogP contribution in [-0.4, -0.2) is 9.78 Å². The fraction of sp³-hybridized carbons (Fsp3) is 0.167. The van der Waals surface area contributed by atoms with Crippen molar-refractivity contribution >= 4 is 5.69 Å². The number of fused-ring (bicyclic) bond motifs is 1. The van der Waals surface area contributed by atoms with Crippen molar-refractivity contribution in [1.29, 1.82) is 0 Å². The number of rotatable bonds is 3. The van der Waals surface area contributed by atoms with E-state index in [0.29, 0.717) is 5.92 Å². The second kappa shape index (κ2) is 4.77. The summed E-state index contributed by atoms with van der Waals surface area (Å²) in [6.07, 6.45) is 5.18. The van der Waals surface area contributed by atoms with E-state index < -0.39 is 0 Å². The van der Waals surface area contributed by atoms with Crippen LogP contribution in [-0.2, 0) is 13.0 Å². The number of nitrogens with zero attached hydrogens (tertiary/aromatic N) is 2. The molecule has 104 valence electrons. The van der Waals surface area contributed by atoms with Crippen molar-refractivity contribution in [3.8, 4) is 11.1 Å².